The predicted octanol–water partition coefficient (Wildman–Crippen LogP) is -0.500. The molecule has 108 valence electrons. The zero-order valence-corrected chi connectivity index (χ0v) is 11.8. The van der Waals surface area contributed by atoms with Crippen LogP contribution in [-0.2, 0) is 9.59 Å². The van der Waals surface area contributed by atoms with Crippen LogP contribution in [0.4, 0.5) is 0 Å². The van der Waals surface area contributed by atoms with Crippen LogP contribution in [0.3, 0.4) is 0 Å². The number of hydrogen-bond donors (Lipinski definition) is 5. The summed E-state index contributed by atoms with van der Waals surface area (Å²) in [5.74, 6) is -1.75. The van der Waals surface area contributed by atoms with Crippen LogP contribution >= 0.6 is 24.0 Å². The van der Waals surface area contributed by atoms with Gasteiger partial charge in [0, 0.05) is 24.4 Å². The molecule has 0 unspecified atom stereocenters. The molecule has 0 aliphatic heterocycles. The Balaban J connectivity index is 0. The van der Waals surface area contributed by atoms with Crippen molar-refractivity contribution < 1.29 is 19.8 Å². The molecule has 0 bridgehead atoms. The number of carboxylic acids is 2. The molecule has 0 aromatic carbocycles. The third-order valence-corrected chi connectivity index (χ3v) is 2.26. The Kier molecular flexibility index (Phi) is 11.6. The van der Waals surface area contributed by atoms with Crippen molar-refractivity contribution in [3.8, 4) is 0 Å². The number of thioether (sulfide) groups is 1. The van der Waals surface area contributed by atoms with Crippen molar-refractivity contribution in [3.05, 3.63) is 12.2 Å². The van der Waals surface area contributed by atoms with Crippen LogP contribution in [-0.4, -0.2) is 56.7 Å². The van der Waals surface area contributed by atoms with Crippen LogP contribution in [0.2, 0.25) is 0 Å². The quantitative estimate of drug-likeness (QED) is 0.196. The molecule has 0 aliphatic carbocycles. The van der Waals surface area contributed by atoms with Gasteiger partial charge in [0.15, 0.2) is 11.1 Å². The summed E-state index contributed by atoms with van der Waals surface area (Å²) < 4.78 is 0. The first kappa shape index (κ1) is 19.5. The summed E-state index contributed by atoms with van der Waals surface area (Å²) in [5.41, 5.74) is 10.5. The number of thiocarbonyl (C=S) groups is 1. The number of nitrogens with two attached hydrogens (primary N) is 2. The van der Waals surface area contributed by atoms with Gasteiger partial charge >= 0.3 is 11.9 Å². The van der Waals surface area contributed by atoms with E-state index in [-0.39, 0.29) is 11.1 Å². The Morgan fingerprint density at radius 3 is 1.95 bits per heavy atom. The Labute approximate surface area is 119 Å². The van der Waals surface area contributed by atoms with Crippen molar-refractivity contribution >= 4 is 47.0 Å². The summed E-state index contributed by atoms with van der Waals surface area (Å²) >= 11 is 6.34. The third-order valence-electron chi connectivity index (χ3n) is 1.44. The van der Waals surface area contributed by atoms with E-state index in [1.807, 2.05) is 6.26 Å². The topological polar surface area (TPSA) is 154 Å². The molecular weight excluding hydrogens is 292 g/mol. The molecule has 0 aliphatic rings. The van der Waals surface area contributed by atoms with Gasteiger partial charge in [-0.1, -0.05) is 0 Å². The number of hydrogen-bond acceptors (Lipinski definition) is 5. The lowest BCUT2D eigenvalue weighted by atomic mass is 10.5. The highest BCUT2D eigenvalue weighted by molar-refractivity contribution is 7.98. The molecule has 0 aromatic heterocycles. The van der Waals surface area contributed by atoms with Crippen molar-refractivity contribution in [2.24, 2.45) is 11.5 Å². The molecular formula is C9H16N4O4S2. The molecule has 0 saturated heterocycles. The fourth-order valence-electron chi connectivity index (χ4n) is 0.675. The minimum Gasteiger partial charge on any atom is -0.478 e. The lowest BCUT2D eigenvalue weighted by Crippen LogP contribution is -2.45. The van der Waals surface area contributed by atoms with Crippen LogP contribution in [0.15, 0.2) is 12.2 Å². The van der Waals surface area contributed by atoms with Crippen molar-refractivity contribution in [3.63, 3.8) is 0 Å². The van der Waals surface area contributed by atoms with Crippen LogP contribution in [0, 0.1) is 5.41 Å². The molecule has 0 atom stereocenters. The summed E-state index contributed by atoms with van der Waals surface area (Å²) in [5, 5.41) is 22.9. The number of nitrogens with zero attached hydrogens (tertiary/aromatic N) is 1. The second-order valence-electron chi connectivity index (χ2n) is 2.88. The van der Waals surface area contributed by atoms with Crippen molar-refractivity contribution in [2.45, 2.75) is 0 Å². The fourth-order valence-corrected chi connectivity index (χ4v) is 1.23. The van der Waals surface area contributed by atoms with E-state index in [2.05, 4.69) is 12.2 Å². The zero-order chi connectivity index (χ0) is 15.4. The Morgan fingerprint density at radius 2 is 1.74 bits per heavy atom. The fraction of sp³-hybridized carbons (Fsp3) is 0.333. The first-order chi connectivity index (χ1) is 8.72. The van der Waals surface area contributed by atoms with Gasteiger partial charge in [-0.2, -0.15) is 11.8 Å². The average molecular weight is 308 g/mol. The molecule has 0 heterocycles. The molecule has 8 nitrogen and oxygen atoms in total. The van der Waals surface area contributed by atoms with E-state index < -0.39 is 11.9 Å². The molecule has 0 saturated carbocycles. The summed E-state index contributed by atoms with van der Waals surface area (Å²) in [6.45, 7) is 0.603. The highest BCUT2D eigenvalue weighted by Gasteiger charge is 2.07. The number of rotatable bonds is 5. The van der Waals surface area contributed by atoms with E-state index in [4.69, 9.17) is 27.1 Å². The van der Waals surface area contributed by atoms with E-state index in [0.29, 0.717) is 18.7 Å². The number of guanidine groups is 1. The number of carbonyl (C=O) groups is 2. The van der Waals surface area contributed by atoms with Crippen LogP contribution in [0.5, 0.6) is 0 Å². The number of carboxylic acid groups (broad SMARTS) is 2. The van der Waals surface area contributed by atoms with Crippen LogP contribution in [0.1, 0.15) is 0 Å². The van der Waals surface area contributed by atoms with E-state index in [1.165, 1.54) is 4.90 Å². The van der Waals surface area contributed by atoms with Gasteiger partial charge < -0.3 is 21.7 Å². The van der Waals surface area contributed by atoms with Gasteiger partial charge in [-0.05, 0) is 18.5 Å². The number of aliphatic carboxylic acids is 2. The summed E-state index contributed by atoms with van der Waals surface area (Å²) in [4.78, 5) is 20.5. The summed E-state index contributed by atoms with van der Waals surface area (Å²) in [7, 11) is 0. The normalized spacial score (nSPS) is 9.32. The highest BCUT2D eigenvalue weighted by atomic mass is 32.2. The second kappa shape index (κ2) is 11.3. The maximum atomic E-state index is 9.55. The Morgan fingerprint density at radius 1 is 1.32 bits per heavy atom. The molecule has 7 N–H and O–H groups in total. The lowest BCUT2D eigenvalue weighted by Gasteiger charge is -2.19. The van der Waals surface area contributed by atoms with Crippen LogP contribution < -0.4 is 11.5 Å². The van der Waals surface area contributed by atoms with Gasteiger partial charge in [-0.25, -0.2) is 9.59 Å². The van der Waals surface area contributed by atoms with Crippen molar-refractivity contribution in [2.75, 3.05) is 18.6 Å². The first-order valence-electron chi connectivity index (χ1n) is 4.76. The average Bonchev–Trinajstić information content (AvgIpc) is 2.27. The van der Waals surface area contributed by atoms with Crippen molar-refractivity contribution in [1.82, 2.24) is 4.90 Å². The smallest absolute Gasteiger partial charge is 0.328 e. The SMILES string of the molecule is CSCCN(C(=N)N)C(N)=S.O=C(O)/C=C\C(=O)O. The molecule has 19 heavy (non-hydrogen) atoms. The highest BCUT2D eigenvalue weighted by Crippen LogP contribution is 1.94. The van der Waals surface area contributed by atoms with Crippen molar-refractivity contribution in [1.29, 1.82) is 5.41 Å². The molecule has 0 spiro atoms. The molecule has 0 rings (SSSR count). The Bertz CT molecular complexity index is 343. The molecule has 10 heteroatoms. The van der Waals surface area contributed by atoms with E-state index in [9.17, 15) is 9.59 Å². The van der Waals surface area contributed by atoms with Gasteiger partial charge in [0.2, 0.25) is 0 Å². The lowest BCUT2D eigenvalue weighted by molar-refractivity contribution is -0.134. The standard InChI is InChI=1S/C5H12N4S2.C4H4O4/c1-11-3-2-9(4(6)7)5(8)10;5-3(6)1-2-4(7)8/h2-3H2,1H3,(H3,6,7)(H2,8,10);1-2H,(H,5,6)(H,7,8)/b;2-1-. The predicted molar refractivity (Wildman–Crippen MR) is 78.2 cm³/mol. The summed E-state index contributed by atoms with van der Waals surface area (Å²) in [6.07, 6.45) is 3.09. The maximum absolute atomic E-state index is 9.55. The van der Waals surface area contributed by atoms with Crippen LogP contribution in [0.25, 0.3) is 0 Å². The number of nitrogens with one attached hydrogen (secondary N) is 1. The largest absolute Gasteiger partial charge is 0.478 e. The third kappa shape index (κ3) is 14.1. The minimum absolute atomic E-state index is 0.0912. The molecule has 0 aromatic rings. The molecule has 0 amide bonds. The van der Waals surface area contributed by atoms with Gasteiger partial charge in [0.25, 0.3) is 0 Å². The van der Waals surface area contributed by atoms with E-state index in [0.717, 1.165) is 5.75 Å². The first-order valence-corrected chi connectivity index (χ1v) is 6.56. The Hall–Kier alpha value is -1.81. The minimum atomic E-state index is -1.26. The maximum Gasteiger partial charge on any atom is 0.328 e. The second-order valence-corrected chi connectivity index (χ2v) is 4.28. The van der Waals surface area contributed by atoms with Gasteiger partial charge in [0.05, 0.1) is 0 Å². The van der Waals surface area contributed by atoms with Gasteiger partial charge in [0.1, 0.15) is 0 Å². The molecule has 0 radical (unpaired) electrons. The monoisotopic (exact) mass is 308 g/mol. The molecule has 0 fully saturated rings. The zero-order valence-electron chi connectivity index (χ0n) is 10.2. The van der Waals surface area contributed by atoms with E-state index in [1.54, 1.807) is 11.8 Å². The van der Waals surface area contributed by atoms with E-state index >= 15 is 0 Å². The van der Waals surface area contributed by atoms with Gasteiger partial charge in [-0.15, -0.1) is 0 Å². The summed E-state index contributed by atoms with van der Waals surface area (Å²) in [6, 6.07) is 0. The van der Waals surface area contributed by atoms with Gasteiger partial charge in [-0.3, -0.25) is 10.3 Å².